The van der Waals surface area contributed by atoms with Crippen molar-refractivity contribution in [3.8, 4) is 0 Å². The van der Waals surface area contributed by atoms with Gasteiger partial charge in [0.1, 0.15) is 5.15 Å². The van der Waals surface area contributed by atoms with Gasteiger partial charge in [0.2, 0.25) is 5.91 Å². The second-order valence-corrected chi connectivity index (χ2v) is 9.11. The molecule has 9 nitrogen and oxygen atoms in total. The molecule has 3 atom stereocenters. The first-order chi connectivity index (χ1) is 17.3. The summed E-state index contributed by atoms with van der Waals surface area (Å²) in [5, 5.41) is 21.3. The van der Waals surface area contributed by atoms with Gasteiger partial charge < -0.3 is 29.6 Å². The zero-order chi connectivity index (χ0) is 25.7. The minimum absolute atomic E-state index is 0.0424. The highest BCUT2D eigenvalue weighted by Crippen LogP contribution is 2.39. The lowest BCUT2D eigenvalue weighted by Crippen LogP contribution is -2.32. The highest BCUT2D eigenvalue weighted by molar-refractivity contribution is 6.40. The van der Waals surface area contributed by atoms with E-state index in [0.29, 0.717) is 23.8 Å². The van der Waals surface area contributed by atoms with Crippen LogP contribution >= 0.6 is 23.2 Å². The Hall–Kier alpha value is -2.95. The van der Waals surface area contributed by atoms with Crippen molar-refractivity contribution in [3.05, 3.63) is 81.9 Å². The number of imidazole rings is 1. The molecule has 36 heavy (non-hydrogen) atoms. The van der Waals surface area contributed by atoms with Crippen LogP contribution < -0.4 is 5.32 Å². The Kier molecular flexibility index (Phi) is 8.60. The number of ether oxygens (including phenoxy) is 2. The number of aliphatic hydroxyl groups is 1. The molecule has 0 bridgehead atoms. The van der Waals surface area contributed by atoms with Gasteiger partial charge in [-0.25, -0.2) is 4.98 Å². The number of aliphatic carboxylic acids is 1. The van der Waals surface area contributed by atoms with Gasteiger partial charge in [-0.15, -0.1) is 0 Å². The minimum atomic E-state index is -1.03. The summed E-state index contributed by atoms with van der Waals surface area (Å²) < 4.78 is 14.3. The number of carboxylic acid groups (broad SMARTS) is 1. The van der Waals surface area contributed by atoms with Crippen LogP contribution in [0, 0.1) is 0 Å². The molecule has 1 aliphatic heterocycles. The zero-order valence-corrected chi connectivity index (χ0v) is 20.7. The average molecular weight is 534 g/mol. The third-order valence-corrected chi connectivity index (χ3v) is 6.55. The number of hydrogen-bond donors (Lipinski definition) is 3. The molecule has 3 unspecified atom stereocenters. The number of carbonyl (C=O) groups is 2. The lowest BCUT2D eigenvalue weighted by Gasteiger charge is -2.36. The van der Waals surface area contributed by atoms with Crippen LogP contribution in [0.15, 0.2) is 54.9 Å². The van der Waals surface area contributed by atoms with Crippen LogP contribution in [0.2, 0.25) is 10.3 Å². The van der Waals surface area contributed by atoms with Crippen LogP contribution in [0.4, 0.5) is 5.69 Å². The van der Waals surface area contributed by atoms with E-state index in [4.69, 9.17) is 37.8 Å². The topological polar surface area (TPSA) is 123 Å². The van der Waals surface area contributed by atoms with Gasteiger partial charge in [-0.2, -0.15) is 0 Å². The molecule has 1 amide bonds. The van der Waals surface area contributed by atoms with E-state index in [-0.39, 0.29) is 42.7 Å². The van der Waals surface area contributed by atoms with E-state index in [9.17, 15) is 14.7 Å². The first-order valence-corrected chi connectivity index (χ1v) is 12.1. The van der Waals surface area contributed by atoms with Crippen LogP contribution in [0.25, 0.3) is 0 Å². The van der Waals surface area contributed by atoms with Crippen LogP contribution in [0.5, 0.6) is 0 Å². The van der Waals surface area contributed by atoms with E-state index < -0.39 is 12.3 Å². The van der Waals surface area contributed by atoms with Crippen molar-refractivity contribution < 1.29 is 29.3 Å². The number of amides is 1. The smallest absolute Gasteiger partial charge is 0.303 e. The van der Waals surface area contributed by atoms with Gasteiger partial charge in [-0.3, -0.25) is 9.59 Å². The molecule has 2 aromatic carbocycles. The monoisotopic (exact) mass is 533 g/mol. The summed E-state index contributed by atoms with van der Waals surface area (Å²) in [6, 6.07) is 14.5. The molecule has 0 aliphatic carbocycles. The molecule has 4 rings (SSSR count). The zero-order valence-electron chi connectivity index (χ0n) is 19.1. The molecule has 1 saturated heterocycles. The van der Waals surface area contributed by atoms with Gasteiger partial charge in [-0.05, 0) is 23.3 Å². The predicted molar refractivity (Wildman–Crippen MR) is 133 cm³/mol. The highest BCUT2D eigenvalue weighted by atomic mass is 35.5. The minimum Gasteiger partial charge on any atom is -0.481 e. The molecular weight excluding hydrogens is 509 g/mol. The summed E-state index contributed by atoms with van der Waals surface area (Å²) in [6.07, 6.45) is 0.525. The van der Waals surface area contributed by atoms with Gasteiger partial charge in [-0.1, -0.05) is 59.6 Å². The van der Waals surface area contributed by atoms with E-state index >= 15 is 0 Å². The van der Waals surface area contributed by atoms with Crippen molar-refractivity contribution in [1.82, 2.24) is 9.55 Å². The highest BCUT2D eigenvalue weighted by Gasteiger charge is 2.33. The summed E-state index contributed by atoms with van der Waals surface area (Å²) in [6.45, 7) is 0.376. The Morgan fingerprint density at radius 3 is 2.33 bits per heavy atom. The predicted octanol–water partition coefficient (Wildman–Crippen LogP) is 4.73. The molecule has 190 valence electrons. The first kappa shape index (κ1) is 26.1. The lowest BCUT2D eigenvalue weighted by molar-refractivity contribution is -0.252. The summed E-state index contributed by atoms with van der Waals surface area (Å²) in [5.74, 6) is -1.40. The molecule has 11 heteroatoms. The van der Waals surface area contributed by atoms with E-state index in [1.54, 1.807) is 35.2 Å². The summed E-state index contributed by atoms with van der Waals surface area (Å²) in [5.41, 5.74) is 3.04. The fraction of sp³-hybridized carbons (Fsp3) is 0.320. The number of halogens is 2. The summed E-state index contributed by atoms with van der Waals surface area (Å²) in [7, 11) is 0. The van der Waals surface area contributed by atoms with Crippen molar-refractivity contribution in [3.63, 3.8) is 0 Å². The normalized spacial score (nSPS) is 19.7. The van der Waals surface area contributed by atoms with E-state index in [2.05, 4.69) is 10.3 Å². The number of nitrogens with zero attached hydrogens (tertiary/aromatic N) is 2. The number of anilines is 1. The molecular formula is C25H25Cl2N3O6. The molecule has 1 fully saturated rings. The number of rotatable bonds is 9. The number of aromatic nitrogens is 2. The third-order valence-electron chi connectivity index (χ3n) is 5.78. The lowest BCUT2D eigenvalue weighted by atomic mass is 10.00. The van der Waals surface area contributed by atoms with Crippen molar-refractivity contribution in [2.75, 3.05) is 5.32 Å². The summed E-state index contributed by atoms with van der Waals surface area (Å²) >= 11 is 12.3. The van der Waals surface area contributed by atoms with Crippen molar-refractivity contribution >= 4 is 40.8 Å². The van der Waals surface area contributed by atoms with Crippen LogP contribution in [0.1, 0.15) is 48.3 Å². The van der Waals surface area contributed by atoms with E-state index in [1.807, 2.05) is 24.3 Å². The quantitative estimate of drug-likeness (QED) is 0.363. The molecule has 3 aromatic rings. The van der Waals surface area contributed by atoms with Crippen molar-refractivity contribution in [1.29, 1.82) is 0 Å². The summed E-state index contributed by atoms with van der Waals surface area (Å²) in [4.78, 5) is 26.6. The number of carboxylic acids is 1. The number of aliphatic hydroxyl groups excluding tert-OH is 1. The van der Waals surface area contributed by atoms with Crippen LogP contribution in [-0.2, 0) is 32.2 Å². The van der Waals surface area contributed by atoms with Gasteiger partial charge in [0.15, 0.2) is 11.4 Å². The van der Waals surface area contributed by atoms with Crippen molar-refractivity contribution in [2.45, 2.75) is 50.9 Å². The number of benzene rings is 2. The second-order valence-electron chi connectivity index (χ2n) is 8.39. The van der Waals surface area contributed by atoms with Gasteiger partial charge >= 0.3 is 5.97 Å². The number of nitrogens with one attached hydrogen (secondary N) is 1. The van der Waals surface area contributed by atoms with Gasteiger partial charge in [0.05, 0.1) is 38.1 Å². The molecule has 1 aromatic heterocycles. The SMILES string of the molecule is O=C(O)CCC(=O)Nc1ccc(C2OC(Cn3cnc(Cl)c3Cl)CC(c3ccc(CO)cc3)O2)cc1. The maximum atomic E-state index is 11.9. The molecule has 1 aliphatic rings. The first-order valence-electron chi connectivity index (χ1n) is 11.3. The molecule has 0 saturated carbocycles. The van der Waals surface area contributed by atoms with Crippen LogP contribution in [0.3, 0.4) is 0 Å². The molecule has 0 radical (unpaired) electrons. The Bertz CT molecular complexity index is 1200. The maximum Gasteiger partial charge on any atom is 0.303 e. The fourth-order valence-corrected chi connectivity index (χ4v) is 4.20. The van der Waals surface area contributed by atoms with Crippen LogP contribution in [-0.4, -0.2) is 37.7 Å². The maximum absolute atomic E-state index is 11.9. The standard InChI is InChI=1S/C25H25Cl2N3O6/c26-23-24(27)30(14-28-23)12-19-11-20(16-3-1-15(13-31)2-4-16)36-25(35-19)17-5-7-18(8-6-17)29-21(32)9-10-22(33)34/h1-8,14,19-20,25,31H,9-13H2,(H,29,32)(H,33,34). The molecule has 2 heterocycles. The number of hydrogen-bond acceptors (Lipinski definition) is 6. The fourth-order valence-electron chi connectivity index (χ4n) is 3.89. The van der Waals surface area contributed by atoms with Gasteiger partial charge in [0.25, 0.3) is 0 Å². The second kappa shape index (κ2) is 11.9. The molecule has 3 N–H and O–H groups in total. The van der Waals surface area contributed by atoms with Crippen molar-refractivity contribution in [2.24, 2.45) is 0 Å². The third kappa shape index (κ3) is 6.63. The molecule has 0 spiro atoms. The number of carbonyl (C=O) groups excluding carboxylic acids is 1. The van der Waals surface area contributed by atoms with Gasteiger partial charge in [0, 0.05) is 24.1 Å². The largest absolute Gasteiger partial charge is 0.481 e. The average Bonchev–Trinajstić information content (AvgIpc) is 3.20. The van der Waals surface area contributed by atoms with E-state index in [1.165, 1.54) is 0 Å². The Morgan fingerprint density at radius 1 is 1.03 bits per heavy atom. The Morgan fingerprint density at radius 2 is 1.72 bits per heavy atom. The Labute approximate surface area is 217 Å². The van der Waals surface area contributed by atoms with E-state index in [0.717, 1.165) is 16.7 Å². The Balaban J connectivity index is 1.51.